The molecule has 0 saturated heterocycles. The Morgan fingerprint density at radius 2 is 2.00 bits per heavy atom. The lowest BCUT2D eigenvalue weighted by atomic mass is 10.1. The number of rotatable bonds is 4. The number of anilines is 1. The lowest BCUT2D eigenvalue weighted by Gasteiger charge is -2.31. The van der Waals surface area contributed by atoms with Crippen LogP contribution in [0.5, 0.6) is 0 Å². The van der Waals surface area contributed by atoms with Gasteiger partial charge < -0.3 is 10.6 Å². The van der Waals surface area contributed by atoms with E-state index in [1.54, 1.807) is 26.8 Å². The summed E-state index contributed by atoms with van der Waals surface area (Å²) < 4.78 is 37.8. The van der Waals surface area contributed by atoms with E-state index in [1.165, 1.54) is 11.1 Å². The zero-order valence-electron chi connectivity index (χ0n) is 10.8. The largest absolute Gasteiger partial charge is 0.405 e. The molecule has 0 fully saturated rings. The van der Waals surface area contributed by atoms with Crippen molar-refractivity contribution in [2.75, 3.05) is 11.4 Å². The summed E-state index contributed by atoms with van der Waals surface area (Å²) in [6.45, 7) is 4.38. The van der Waals surface area contributed by atoms with Crippen molar-refractivity contribution in [3.63, 3.8) is 0 Å². The smallest absolute Gasteiger partial charge is 0.360 e. The maximum atomic E-state index is 12.6. The molecule has 0 bridgehead atoms. The summed E-state index contributed by atoms with van der Waals surface area (Å²) in [5, 5.41) is 0. The molecule has 0 saturated carbocycles. The van der Waals surface area contributed by atoms with Gasteiger partial charge in [-0.05, 0) is 26.8 Å². The van der Waals surface area contributed by atoms with Gasteiger partial charge in [-0.3, -0.25) is 4.98 Å². The summed E-state index contributed by atoms with van der Waals surface area (Å²) in [6, 6.07) is 1.38. The van der Waals surface area contributed by atoms with Crippen molar-refractivity contribution in [1.29, 1.82) is 0 Å². The molecule has 18 heavy (non-hydrogen) atoms. The molecule has 0 radical (unpaired) electrons. The van der Waals surface area contributed by atoms with Crippen LogP contribution in [0.15, 0.2) is 12.3 Å². The summed E-state index contributed by atoms with van der Waals surface area (Å²) in [4.78, 5) is 5.36. The summed E-state index contributed by atoms with van der Waals surface area (Å²) in [5.74, 6) is 0. The van der Waals surface area contributed by atoms with E-state index in [0.29, 0.717) is 16.9 Å². The van der Waals surface area contributed by atoms with Crippen molar-refractivity contribution in [3.05, 3.63) is 23.5 Å². The van der Waals surface area contributed by atoms with Crippen LogP contribution in [0.4, 0.5) is 18.9 Å². The van der Waals surface area contributed by atoms with E-state index in [4.69, 9.17) is 5.73 Å². The molecule has 1 heterocycles. The number of hydrogen-bond donors (Lipinski definition) is 1. The number of alkyl halides is 3. The minimum absolute atomic E-state index is 0.170. The molecule has 0 aliphatic rings. The average Bonchev–Trinajstić information content (AvgIpc) is 2.24. The lowest BCUT2D eigenvalue weighted by molar-refractivity contribution is -0.120. The third-order valence-corrected chi connectivity index (χ3v) is 2.60. The van der Waals surface area contributed by atoms with Crippen molar-refractivity contribution < 1.29 is 13.2 Å². The van der Waals surface area contributed by atoms with Crippen LogP contribution in [0.1, 0.15) is 25.1 Å². The SMILES string of the molecule is Cc1cc(N(CC(F)(F)F)C(C)C)c(CN)cn1. The molecular formula is C12H18F3N3. The molecule has 3 nitrogen and oxygen atoms in total. The third-order valence-electron chi connectivity index (χ3n) is 2.60. The molecule has 0 aliphatic heterocycles. The van der Waals surface area contributed by atoms with E-state index in [1.807, 2.05) is 0 Å². The predicted octanol–water partition coefficient (Wildman–Crippen LogP) is 2.63. The van der Waals surface area contributed by atoms with E-state index >= 15 is 0 Å². The quantitative estimate of drug-likeness (QED) is 0.906. The second-order valence-corrected chi connectivity index (χ2v) is 4.50. The first-order chi connectivity index (χ1) is 8.24. The Labute approximate surface area is 105 Å². The molecule has 0 unspecified atom stereocenters. The number of hydrogen-bond acceptors (Lipinski definition) is 3. The molecule has 1 aromatic rings. The van der Waals surface area contributed by atoms with E-state index in [-0.39, 0.29) is 12.6 Å². The van der Waals surface area contributed by atoms with Gasteiger partial charge in [-0.1, -0.05) is 0 Å². The van der Waals surface area contributed by atoms with Crippen LogP contribution >= 0.6 is 0 Å². The second-order valence-electron chi connectivity index (χ2n) is 4.50. The summed E-state index contributed by atoms with van der Waals surface area (Å²) >= 11 is 0. The first-order valence-electron chi connectivity index (χ1n) is 5.73. The van der Waals surface area contributed by atoms with Crippen molar-refractivity contribution in [2.45, 2.75) is 39.5 Å². The van der Waals surface area contributed by atoms with Crippen LogP contribution < -0.4 is 10.6 Å². The Balaban J connectivity index is 3.16. The van der Waals surface area contributed by atoms with Crippen LogP contribution in [0.25, 0.3) is 0 Å². The summed E-state index contributed by atoms with van der Waals surface area (Å²) in [7, 11) is 0. The fourth-order valence-corrected chi connectivity index (χ4v) is 1.74. The highest BCUT2D eigenvalue weighted by Gasteiger charge is 2.32. The zero-order chi connectivity index (χ0) is 13.9. The van der Waals surface area contributed by atoms with Gasteiger partial charge in [0.05, 0.1) is 0 Å². The number of pyridine rings is 1. The van der Waals surface area contributed by atoms with E-state index in [2.05, 4.69) is 4.98 Å². The van der Waals surface area contributed by atoms with Gasteiger partial charge in [-0.25, -0.2) is 0 Å². The van der Waals surface area contributed by atoms with E-state index < -0.39 is 12.7 Å². The Kier molecular flexibility index (Phi) is 4.56. The topological polar surface area (TPSA) is 42.1 Å². The third kappa shape index (κ3) is 3.87. The van der Waals surface area contributed by atoms with Crippen LogP contribution in [0.3, 0.4) is 0 Å². The van der Waals surface area contributed by atoms with Crippen LogP contribution in [-0.4, -0.2) is 23.7 Å². The van der Waals surface area contributed by atoms with Gasteiger partial charge in [-0.2, -0.15) is 13.2 Å². The van der Waals surface area contributed by atoms with Gasteiger partial charge in [0, 0.05) is 35.7 Å². The zero-order valence-corrected chi connectivity index (χ0v) is 10.8. The molecule has 1 aromatic heterocycles. The van der Waals surface area contributed by atoms with Gasteiger partial charge in [0.25, 0.3) is 0 Å². The van der Waals surface area contributed by atoms with Crippen molar-refractivity contribution in [1.82, 2.24) is 4.98 Å². The molecule has 0 aromatic carbocycles. The first-order valence-corrected chi connectivity index (χ1v) is 5.73. The van der Waals surface area contributed by atoms with Crippen LogP contribution in [-0.2, 0) is 6.54 Å². The highest BCUT2D eigenvalue weighted by atomic mass is 19.4. The van der Waals surface area contributed by atoms with Gasteiger partial charge in [0.2, 0.25) is 0 Å². The van der Waals surface area contributed by atoms with E-state index in [0.717, 1.165) is 0 Å². The van der Waals surface area contributed by atoms with Gasteiger partial charge in [-0.15, -0.1) is 0 Å². The summed E-state index contributed by atoms with van der Waals surface area (Å²) in [5.41, 5.74) is 7.37. The van der Waals surface area contributed by atoms with Crippen LogP contribution in [0.2, 0.25) is 0 Å². The minimum atomic E-state index is -4.24. The molecular weight excluding hydrogens is 243 g/mol. The number of aromatic nitrogens is 1. The second kappa shape index (κ2) is 5.56. The fourth-order valence-electron chi connectivity index (χ4n) is 1.74. The number of halogens is 3. The maximum Gasteiger partial charge on any atom is 0.405 e. The first kappa shape index (κ1) is 14.8. The minimum Gasteiger partial charge on any atom is -0.360 e. The van der Waals surface area contributed by atoms with Crippen LogP contribution in [0, 0.1) is 6.92 Å². The van der Waals surface area contributed by atoms with Crippen molar-refractivity contribution in [2.24, 2.45) is 5.73 Å². The normalized spacial score (nSPS) is 12.0. The average molecular weight is 261 g/mol. The molecule has 6 heteroatoms. The molecule has 0 amide bonds. The molecule has 2 N–H and O–H groups in total. The monoisotopic (exact) mass is 261 g/mol. The Hall–Kier alpha value is -1.30. The van der Waals surface area contributed by atoms with Gasteiger partial charge in [0.15, 0.2) is 0 Å². The molecule has 0 atom stereocenters. The fraction of sp³-hybridized carbons (Fsp3) is 0.583. The highest BCUT2D eigenvalue weighted by molar-refractivity contribution is 5.54. The molecule has 0 spiro atoms. The Morgan fingerprint density at radius 1 is 1.39 bits per heavy atom. The summed E-state index contributed by atoms with van der Waals surface area (Å²) in [6.07, 6.45) is -2.70. The lowest BCUT2D eigenvalue weighted by Crippen LogP contribution is -2.40. The Morgan fingerprint density at radius 3 is 2.44 bits per heavy atom. The molecule has 1 rings (SSSR count). The number of nitrogens with zero attached hydrogens (tertiary/aromatic N) is 2. The highest BCUT2D eigenvalue weighted by Crippen LogP contribution is 2.27. The standard InChI is InChI=1S/C12H18F3N3/c1-8(2)18(7-12(13,14)15)11-4-9(3)17-6-10(11)5-16/h4,6,8H,5,7,16H2,1-3H3. The van der Waals surface area contributed by atoms with Gasteiger partial charge >= 0.3 is 6.18 Å². The van der Waals surface area contributed by atoms with Gasteiger partial charge in [0.1, 0.15) is 6.54 Å². The van der Waals surface area contributed by atoms with Crippen molar-refractivity contribution in [3.8, 4) is 0 Å². The predicted molar refractivity (Wildman–Crippen MR) is 65.4 cm³/mol. The van der Waals surface area contributed by atoms with E-state index in [9.17, 15) is 13.2 Å². The Bertz CT molecular complexity index is 402. The maximum absolute atomic E-state index is 12.6. The number of nitrogens with two attached hydrogens (primary N) is 1. The van der Waals surface area contributed by atoms with Crippen molar-refractivity contribution >= 4 is 5.69 Å². The molecule has 102 valence electrons. The number of aryl methyl sites for hydroxylation is 1. The molecule has 0 aliphatic carbocycles.